The molecular weight excluding hydrogens is 534 g/mol. The maximum absolute atomic E-state index is 13.0. The maximum atomic E-state index is 13.0. The minimum atomic E-state index is -3.90. The van der Waals surface area contributed by atoms with Crippen molar-refractivity contribution >= 4 is 33.5 Å². The Morgan fingerprint density at radius 1 is 1.05 bits per heavy atom. The van der Waals surface area contributed by atoms with Gasteiger partial charge in [-0.05, 0) is 29.3 Å². The molecule has 11 nitrogen and oxygen atoms in total. The van der Waals surface area contributed by atoms with Gasteiger partial charge in [0, 0.05) is 7.05 Å². The molecule has 0 fully saturated rings. The summed E-state index contributed by atoms with van der Waals surface area (Å²) >= 11 is 5.79. The SMILES string of the molecule is Cn1nc(OCCOc2ncc(Cl)cn2)c(-c2ccc3c(c2)OCO3)c1NS(=O)(=O)C=Cc1ccccc1. The molecule has 1 aliphatic rings. The molecule has 2 aromatic heterocycles. The van der Waals surface area contributed by atoms with Crippen molar-refractivity contribution in [2.45, 2.75) is 0 Å². The Morgan fingerprint density at radius 3 is 2.58 bits per heavy atom. The van der Waals surface area contributed by atoms with E-state index in [1.54, 1.807) is 37.4 Å². The maximum Gasteiger partial charge on any atom is 0.316 e. The molecule has 2 aromatic carbocycles. The largest absolute Gasteiger partial charge is 0.472 e. The van der Waals surface area contributed by atoms with Crippen LogP contribution in [0.5, 0.6) is 23.4 Å². The fraction of sp³-hybridized carbons (Fsp3) is 0.160. The summed E-state index contributed by atoms with van der Waals surface area (Å²) in [6.07, 6.45) is 4.35. The van der Waals surface area contributed by atoms with Crippen molar-refractivity contribution < 1.29 is 27.4 Å². The summed E-state index contributed by atoms with van der Waals surface area (Å²) in [5.74, 6) is 1.51. The summed E-state index contributed by atoms with van der Waals surface area (Å²) in [5, 5.41) is 5.90. The lowest BCUT2D eigenvalue weighted by molar-refractivity contribution is 0.174. The summed E-state index contributed by atoms with van der Waals surface area (Å²) in [5.41, 5.74) is 1.78. The van der Waals surface area contributed by atoms with E-state index in [-0.39, 0.29) is 37.7 Å². The highest BCUT2D eigenvalue weighted by Gasteiger charge is 2.25. The molecule has 0 saturated carbocycles. The second kappa shape index (κ2) is 11.0. The van der Waals surface area contributed by atoms with Gasteiger partial charge in [-0.3, -0.25) is 4.72 Å². The van der Waals surface area contributed by atoms with Crippen molar-refractivity contribution in [3.05, 3.63) is 76.9 Å². The molecule has 0 unspecified atom stereocenters. The number of anilines is 1. The molecule has 0 spiro atoms. The topological polar surface area (TPSA) is 127 Å². The van der Waals surface area contributed by atoms with E-state index in [0.717, 1.165) is 11.0 Å². The predicted octanol–water partition coefficient (Wildman–Crippen LogP) is 4.13. The quantitative estimate of drug-likeness (QED) is 0.287. The number of nitrogens with one attached hydrogen (secondary N) is 1. The van der Waals surface area contributed by atoms with E-state index in [9.17, 15) is 8.42 Å². The number of ether oxygens (including phenoxy) is 4. The third kappa shape index (κ3) is 5.98. The summed E-state index contributed by atoms with van der Waals surface area (Å²) in [7, 11) is -2.29. The van der Waals surface area contributed by atoms with E-state index < -0.39 is 10.0 Å². The van der Waals surface area contributed by atoms with Crippen LogP contribution in [0, 0.1) is 0 Å². The van der Waals surface area contributed by atoms with Crippen LogP contribution in [-0.4, -0.2) is 48.2 Å². The van der Waals surface area contributed by atoms with Crippen molar-refractivity contribution in [2.75, 3.05) is 24.7 Å². The summed E-state index contributed by atoms with van der Waals surface area (Å²) in [6.45, 7) is 0.295. The summed E-state index contributed by atoms with van der Waals surface area (Å²) < 4.78 is 52.3. The Balaban J connectivity index is 1.40. The Kier molecular flexibility index (Phi) is 7.33. The zero-order valence-corrected chi connectivity index (χ0v) is 21.6. The van der Waals surface area contributed by atoms with Crippen LogP contribution >= 0.6 is 11.6 Å². The van der Waals surface area contributed by atoms with E-state index in [2.05, 4.69) is 19.8 Å². The number of nitrogens with zero attached hydrogens (tertiary/aromatic N) is 4. The second-order valence-corrected chi connectivity index (χ2v) is 9.96. The molecular formula is C25H22ClN5O6S. The highest BCUT2D eigenvalue weighted by molar-refractivity contribution is 7.95. The van der Waals surface area contributed by atoms with Crippen LogP contribution in [0.1, 0.15) is 5.56 Å². The molecule has 0 amide bonds. The van der Waals surface area contributed by atoms with Crippen LogP contribution in [0.15, 0.2) is 66.3 Å². The van der Waals surface area contributed by atoms with Gasteiger partial charge in [-0.15, -0.1) is 5.10 Å². The highest BCUT2D eigenvalue weighted by atomic mass is 35.5. The minimum Gasteiger partial charge on any atom is -0.472 e. The highest BCUT2D eigenvalue weighted by Crippen LogP contribution is 2.42. The van der Waals surface area contributed by atoms with Crippen LogP contribution < -0.4 is 23.7 Å². The van der Waals surface area contributed by atoms with Gasteiger partial charge in [-0.1, -0.05) is 48.0 Å². The molecule has 5 rings (SSSR count). The van der Waals surface area contributed by atoms with E-state index in [4.69, 9.17) is 30.5 Å². The van der Waals surface area contributed by atoms with Crippen LogP contribution in [0.4, 0.5) is 5.82 Å². The number of hydrogen-bond donors (Lipinski definition) is 1. The normalized spacial score (nSPS) is 12.6. The smallest absolute Gasteiger partial charge is 0.316 e. The van der Waals surface area contributed by atoms with E-state index in [0.29, 0.717) is 27.6 Å². The molecule has 1 aliphatic heterocycles. The molecule has 196 valence electrons. The van der Waals surface area contributed by atoms with Gasteiger partial charge >= 0.3 is 6.01 Å². The van der Waals surface area contributed by atoms with Crippen molar-refractivity contribution in [1.82, 2.24) is 19.7 Å². The first-order valence-corrected chi connectivity index (χ1v) is 13.3. The van der Waals surface area contributed by atoms with E-state index in [1.807, 2.05) is 18.2 Å². The Labute approximate surface area is 223 Å². The third-order valence-electron chi connectivity index (χ3n) is 5.30. The Hall–Kier alpha value is -4.29. The first kappa shape index (κ1) is 25.4. The zero-order chi connectivity index (χ0) is 26.5. The first-order chi connectivity index (χ1) is 18.4. The van der Waals surface area contributed by atoms with Crippen LogP contribution in [0.3, 0.4) is 0 Å². The number of hydrogen-bond acceptors (Lipinski definition) is 9. The monoisotopic (exact) mass is 555 g/mol. The molecule has 0 bridgehead atoms. The Bertz CT molecular complexity index is 1560. The molecule has 38 heavy (non-hydrogen) atoms. The average molecular weight is 556 g/mol. The molecule has 0 aliphatic carbocycles. The van der Waals surface area contributed by atoms with Crippen molar-refractivity contribution in [1.29, 1.82) is 0 Å². The number of aromatic nitrogens is 4. The van der Waals surface area contributed by atoms with Gasteiger partial charge < -0.3 is 18.9 Å². The molecule has 0 radical (unpaired) electrons. The van der Waals surface area contributed by atoms with Crippen LogP contribution in [-0.2, 0) is 17.1 Å². The standard InChI is InChI=1S/C25H22ClN5O6S/c1-31-23(30-38(32,33)12-9-17-5-3-2-4-6-17)22(18-7-8-20-21(13-18)37-16-36-20)24(29-31)34-10-11-35-25-27-14-19(26)15-28-25/h2-9,12-15,30H,10-11,16H2,1H3. The van der Waals surface area contributed by atoms with Gasteiger partial charge in [0.05, 0.1) is 28.4 Å². The van der Waals surface area contributed by atoms with E-state index >= 15 is 0 Å². The van der Waals surface area contributed by atoms with E-state index in [1.165, 1.54) is 23.2 Å². The van der Waals surface area contributed by atoms with Crippen molar-refractivity contribution in [2.24, 2.45) is 7.05 Å². The molecule has 13 heteroatoms. The second-order valence-electron chi connectivity index (χ2n) is 7.96. The van der Waals surface area contributed by atoms with Gasteiger partial charge in [0.25, 0.3) is 10.0 Å². The number of halogens is 1. The molecule has 4 aromatic rings. The number of benzene rings is 2. The van der Waals surface area contributed by atoms with Gasteiger partial charge in [-0.25, -0.2) is 23.1 Å². The van der Waals surface area contributed by atoms with Crippen LogP contribution in [0.25, 0.3) is 17.2 Å². The lowest BCUT2D eigenvalue weighted by atomic mass is 10.1. The van der Waals surface area contributed by atoms with Crippen molar-refractivity contribution in [3.8, 4) is 34.5 Å². The molecule has 0 atom stereocenters. The van der Waals surface area contributed by atoms with Gasteiger partial charge in [-0.2, -0.15) is 0 Å². The average Bonchev–Trinajstić information content (AvgIpc) is 3.50. The number of fused-ring (bicyclic) bond motifs is 1. The first-order valence-electron chi connectivity index (χ1n) is 11.3. The number of aryl methyl sites for hydroxylation is 1. The van der Waals surface area contributed by atoms with Gasteiger partial charge in [0.1, 0.15) is 19.0 Å². The van der Waals surface area contributed by atoms with Gasteiger partial charge in [0.2, 0.25) is 12.7 Å². The number of rotatable bonds is 10. The molecule has 3 heterocycles. The molecule has 0 saturated heterocycles. The number of sulfonamides is 1. The minimum absolute atomic E-state index is 0.0840. The fourth-order valence-electron chi connectivity index (χ4n) is 3.58. The van der Waals surface area contributed by atoms with Crippen molar-refractivity contribution in [3.63, 3.8) is 0 Å². The Morgan fingerprint density at radius 2 is 1.79 bits per heavy atom. The lowest BCUT2D eigenvalue weighted by Crippen LogP contribution is -2.13. The van der Waals surface area contributed by atoms with Gasteiger partial charge in [0.15, 0.2) is 11.5 Å². The third-order valence-corrected chi connectivity index (χ3v) is 6.47. The fourth-order valence-corrected chi connectivity index (χ4v) is 4.58. The summed E-state index contributed by atoms with van der Waals surface area (Å²) in [4.78, 5) is 7.94. The van der Waals surface area contributed by atoms with Crippen LogP contribution in [0.2, 0.25) is 5.02 Å². The lowest BCUT2D eigenvalue weighted by Gasteiger charge is -2.10. The zero-order valence-electron chi connectivity index (χ0n) is 20.1. The summed E-state index contributed by atoms with van der Waals surface area (Å²) in [6, 6.07) is 14.5. The molecule has 1 N–H and O–H groups in total. The predicted molar refractivity (Wildman–Crippen MR) is 141 cm³/mol.